The Morgan fingerprint density at radius 2 is 2.00 bits per heavy atom. The summed E-state index contributed by atoms with van der Waals surface area (Å²) in [4.78, 5) is 27.1. The van der Waals surface area contributed by atoms with E-state index in [4.69, 9.17) is 5.11 Å². The van der Waals surface area contributed by atoms with Crippen molar-refractivity contribution in [2.45, 2.75) is 5.03 Å². The molecule has 0 radical (unpaired) electrons. The molecule has 2 rings (SSSR count). The van der Waals surface area contributed by atoms with Crippen molar-refractivity contribution in [3.8, 4) is 5.75 Å². The summed E-state index contributed by atoms with van der Waals surface area (Å²) < 4.78 is 0. The Hall–Kier alpha value is -2.54. The van der Waals surface area contributed by atoms with Gasteiger partial charge in [-0.05, 0) is 30.5 Å². The number of thioether (sulfide) groups is 1. The highest BCUT2D eigenvalue weighted by Crippen LogP contribution is 2.23. The van der Waals surface area contributed by atoms with Gasteiger partial charge in [0.25, 0.3) is 5.91 Å². The van der Waals surface area contributed by atoms with Gasteiger partial charge in [-0.15, -0.1) is 11.8 Å². The second kappa shape index (κ2) is 6.27. The Morgan fingerprint density at radius 3 is 2.62 bits per heavy atom. The molecular formula is C14H12N2O4S. The molecule has 1 heterocycles. The highest BCUT2D eigenvalue weighted by molar-refractivity contribution is 7.98. The van der Waals surface area contributed by atoms with Crippen LogP contribution in [0.4, 0.5) is 5.69 Å². The van der Waals surface area contributed by atoms with Crippen molar-refractivity contribution in [3.63, 3.8) is 0 Å². The molecule has 0 spiro atoms. The number of benzene rings is 1. The van der Waals surface area contributed by atoms with E-state index in [0.717, 1.165) is 0 Å². The fraction of sp³-hybridized carbons (Fsp3) is 0.0714. The van der Waals surface area contributed by atoms with Crippen LogP contribution in [0.2, 0.25) is 0 Å². The molecule has 0 fully saturated rings. The summed E-state index contributed by atoms with van der Waals surface area (Å²) in [5.74, 6) is -2.02. The van der Waals surface area contributed by atoms with Crippen LogP contribution >= 0.6 is 11.8 Å². The number of rotatable bonds is 4. The van der Waals surface area contributed by atoms with E-state index in [0.29, 0.717) is 16.3 Å². The third-order valence-electron chi connectivity index (χ3n) is 2.70. The van der Waals surface area contributed by atoms with Gasteiger partial charge in [-0.2, -0.15) is 0 Å². The van der Waals surface area contributed by atoms with Crippen molar-refractivity contribution in [3.05, 3.63) is 47.7 Å². The highest BCUT2D eigenvalue weighted by atomic mass is 32.2. The van der Waals surface area contributed by atoms with Crippen LogP contribution in [0.25, 0.3) is 0 Å². The Kier molecular flexibility index (Phi) is 4.44. The monoisotopic (exact) mass is 304 g/mol. The first kappa shape index (κ1) is 14.9. The van der Waals surface area contributed by atoms with Gasteiger partial charge in [-0.25, -0.2) is 9.78 Å². The number of anilines is 1. The van der Waals surface area contributed by atoms with Crippen LogP contribution in [0.3, 0.4) is 0 Å². The number of carbonyl (C=O) groups excluding carboxylic acids is 1. The molecule has 1 amide bonds. The van der Waals surface area contributed by atoms with Crippen molar-refractivity contribution in [1.82, 2.24) is 4.98 Å². The first-order valence-corrected chi connectivity index (χ1v) is 7.12. The maximum absolute atomic E-state index is 12.2. The van der Waals surface area contributed by atoms with Crippen molar-refractivity contribution in [2.24, 2.45) is 0 Å². The minimum Gasteiger partial charge on any atom is -0.507 e. The third kappa shape index (κ3) is 3.32. The van der Waals surface area contributed by atoms with Gasteiger partial charge in [0, 0.05) is 18.0 Å². The van der Waals surface area contributed by atoms with E-state index in [1.807, 2.05) is 6.26 Å². The molecule has 0 aliphatic carbocycles. The van der Waals surface area contributed by atoms with Gasteiger partial charge in [-0.1, -0.05) is 0 Å². The van der Waals surface area contributed by atoms with Gasteiger partial charge in [0.15, 0.2) is 0 Å². The number of aromatic hydroxyl groups is 1. The van der Waals surface area contributed by atoms with Crippen LogP contribution in [0.1, 0.15) is 20.7 Å². The third-order valence-corrected chi connectivity index (χ3v) is 3.41. The molecule has 0 aliphatic heterocycles. The second-order valence-corrected chi connectivity index (χ2v) is 4.85. The molecule has 0 bridgehead atoms. The summed E-state index contributed by atoms with van der Waals surface area (Å²) in [6.07, 6.45) is 3.41. The van der Waals surface area contributed by atoms with E-state index in [2.05, 4.69) is 10.3 Å². The Bertz CT molecular complexity index is 703. The average Bonchev–Trinajstić information content (AvgIpc) is 2.46. The van der Waals surface area contributed by atoms with Crippen molar-refractivity contribution in [1.29, 1.82) is 0 Å². The quantitative estimate of drug-likeness (QED) is 0.750. The summed E-state index contributed by atoms with van der Waals surface area (Å²) in [7, 11) is 0. The molecule has 0 unspecified atom stereocenters. The SMILES string of the molecule is CSc1ncccc1C(=O)Nc1ccc(C(=O)O)c(O)c1. The predicted octanol–water partition coefficient (Wildman–Crippen LogP) is 2.46. The van der Waals surface area contributed by atoms with Crippen LogP contribution in [-0.2, 0) is 0 Å². The predicted molar refractivity (Wildman–Crippen MR) is 79.0 cm³/mol. The van der Waals surface area contributed by atoms with Crippen LogP contribution < -0.4 is 5.32 Å². The van der Waals surface area contributed by atoms with Gasteiger partial charge < -0.3 is 15.5 Å². The van der Waals surface area contributed by atoms with Gasteiger partial charge in [0.2, 0.25) is 0 Å². The van der Waals surface area contributed by atoms with E-state index in [-0.39, 0.29) is 11.5 Å². The molecule has 21 heavy (non-hydrogen) atoms. The number of hydrogen-bond acceptors (Lipinski definition) is 5. The van der Waals surface area contributed by atoms with Crippen molar-refractivity contribution >= 4 is 29.3 Å². The van der Waals surface area contributed by atoms with E-state index in [1.54, 1.807) is 18.3 Å². The lowest BCUT2D eigenvalue weighted by Gasteiger charge is -2.09. The first-order valence-electron chi connectivity index (χ1n) is 5.89. The number of amides is 1. The zero-order valence-corrected chi connectivity index (χ0v) is 11.8. The van der Waals surface area contributed by atoms with E-state index < -0.39 is 11.7 Å². The number of carbonyl (C=O) groups is 2. The second-order valence-electron chi connectivity index (χ2n) is 4.05. The largest absolute Gasteiger partial charge is 0.507 e. The maximum Gasteiger partial charge on any atom is 0.339 e. The molecule has 0 saturated heterocycles. The first-order chi connectivity index (χ1) is 10.0. The number of nitrogens with zero attached hydrogens (tertiary/aromatic N) is 1. The lowest BCUT2D eigenvalue weighted by molar-refractivity contribution is 0.0693. The molecule has 108 valence electrons. The molecule has 6 nitrogen and oxygen atoms in total. The maximum atomic E-state index is 12.2. The Labute approximate surface area is 124 Å². The molecule has 1 aromatic carbocycles. The summed E-state index contributed by atoms with van der Waals surface area (Å²) in [5.41, 5.74) is 0.490. The smallest absolute Gasteiger partial charge is 0.339 e. The topological polar surface area (TPSA) is 99.5 Å². The number of aromatic nitrogens is 1. The molecule has 7 heteroatoms. The zero-order chi connectivity index (χ0) is 15.4. The fourth-order valence-corrected chi connectivity index (χ4v) is 2.26. The van der Waals surface area contributed by atoms with E-state index in [9.17, 15) is 14.7 Å². The number of carboxylic acids is 1. The molecule has 0 atom stereocenters. The summed E-state index contributed by atoms with van der Waals surface area (Å²) in [6, 6.07) is 7.12. The molecular weight excluding hydrogens is 292 g/mol. The lowest BCUT2D eigenvalue weighted by Crippen LogP contribution is -2.13. The van der Waals surface area contributed by atoms with Crippen LogP contribution in [0, 0.1) is 0 Å². The number of hydrogen-bond donors (Lipinski definition) is 3. The van der Waals surface area contributed by atoms with Crippen LogP contribution in [-0.4, -0.2) is 33.3 Å². The highest BCUT2D eigenvalue weighted by Gasteiger charge is 2.14. The van der Waals surface area contributed by atoms with Crippen molar-refractivity contribution < 1.29 is 19.8 Å². The Balaban J connectivity index is 2.24. The summed E-state index contributed by atoms with van der Waals surface area (Å²) in [6.45, 7) is 0. The minimum absolute atomic E-state index is 0.223. The molecule has 0 aliphatic rings. The van der Waals surface area contributed by atoms with E-state index in [1.165, 1.54) is 30.0 Å². The van der Waals surface area contributed by atoms with Crippen molar-refractivity contribution in [2.75, 3.05) is 11.6 Å². The summed E-state index contributed by atoms with van der Waals surface area (Å²) >= 11 is 1.34. The van der Waals surface area contributed by atoms with Gasteiger partial charge in [0.1, 0.15) is 16.3 Å². The summed E-state index contributed by atoms with van der Waals surface area (Å²) in [5, 5.41) is 21.6. The van der Waals surface area contributed by atoms with Crippen LogP contribution in [0.5, 0.6) is 5.75 Å². The number of carboxylic acid groups (broad SMARTS) is 1. The zero-order valence-electron chi connectivity index (χ0n) is 11.0. The Morgan fingerprint density at radius 1 is 1.24 bits per heavy atom. The molecule has 3 N–H and O–H groups in total. The van der Waals surface area contributed by atoms with Gasteiger partial charge >= 0.3 is 5.97 Å². The normalized spacial score (nSPS) is 10.1. The number of nitrogens with one attached hydrogen (secondary N) is 1. The fourth-order valence-electron chi connectivity index (χ4n) is 1.71. The van der Waals surface area contributed by atoms with Crippen LogP contribution in [0.15, 0.2) is 41.6 Å². The molecule has 1 aromatic heterocycles. The number of pyridine rings is 1. The molecule has 0 saturated carbocycles. The average molecular weight is 304 g/mol. The van der Waals surface area contributed by atoms with Gasteiger partial charge in [0.05, 0.1) is 5.56 Å². The minimum atomic E-state index is -1.23. The lowest BCUT2D eigenvalue weighted by atomic mass is 10.1. The van der Waals surface area contributed by atoms with E-state index >= 15 is 0 Å². The van der Waals surface area contributed by atoms with Gasteiger partial charge in [-0.3, -0.25) is 4.79 Å². The molecule has 2 aromatic rings. The number of aromatic carboxylic acids is 1. The number of phenols is 1. The standard InChI is InChI=1S/C14H12N2O4S/c1-21-13-10(3-2-6-15-13)12(18)16-8-4-5-9(14(19)20)11(17)7-8/h2-7,17H,1H3,(H,16,18)(H,19,20).